The van der Waals surface area contributed by atoms with E-state index < -0.39 is 12.1 Å². The zero-order chi connectivity index (χ0) is 16.3. The first kappa shape index (κ1) is 17.4. The van der Waals surface area contributed by atoms with E-state index in [1.54, 1.807) is 11.3 Å². The second-order valence-electron chi connectivity index (χ2n) is 6.96. The predicted molar refractivity (Wildman–Crippen MR) is 86.8 cm³/mol. The molecule has 1 saturated heterocycles. The number of piperidine rings is 1. The number of carbonyl (C=O) groups is 1. The van der Waals surface area contributed by atoms with Gasteiger partial charge in [0.05, 0.1) is 12.1 Å². The molecule has 0 aromatic carbocycles. The number of hydrogen-bond acceptors (Lipinski definition) is 6. The van der Waals surface area contributed by atoms with Crippen molar-refractivity contribution >= 4 is 17.3 Å². The molecular formula is C16H26N2O3S. The van der Waals surface area contributed by atoms with E-state index in [1.807, 2.05) is 6.20 Å². The van der Waals surface area contributed by atoms with Crippen LogP contribution in [0.1, 0.15) is 43.5 Å². The van der Waals surface area contributed by atoms with Gasteiger partial charge >= 0.3 is 5.97 Å². The van der Waals surface area contributed by atoms with Crippen LogP contribution >= 0.6 is 11.3 Å². The fraction of sp³-hybridized carbons (Fsp3) is 0.750. The number of hydrogen-bond donors (Lipinski definition) is 1. The van der Waals surface area contributed by atoms with Gasteiger partial charge in [0.2, 0.25) is 0 Å². The fourth-order valence-corrected chi connectivity index (χ4v) is 3.70. The number of aliphatic hydroxyl groups is 1. The minimum Gasteiger partial charge on any atom is -0.467 e. The zero-order valence-electron chi connectivity index (χ0n) is 13.8. The van der Waals surface area contributed by atoms with E-state index in [9.17, 15) is 9.90 Å². The van der Waals surface area contributed by atoms with Gasteiger partial charge in [-0.25, -0.2) is 9.78 Å². The van der Waals surface area contributed by atoms with Crippen molar-refractivity contribution in [2.75, 3.05) is 20.2 Å². The molecule has 1 aliphatic rings. The lowest BCUT2D eigenvalue weighted by atomic mass is 9.91. The zero-order valence-corrected chi connectivity index (χ0v) is 14.7. The molecule has 0 saturated carbocycles. The molecule has 1 aliphatic heterocycles. The Morgan fingerprint density at radius 2 is 2.14 bits per heavy atom. The third-order valence-corrected chi connectivity index (χ3v) is 5.50. The normalized spacial score (nSPS) is 19.1. The quantitative estimate of drug-likeness (QED) is 0.859. The van der Waals surface area contributed by atoms with Crippen LogP contribution in [0.25, 0.3) is 0 Å². The Kier molecular flexibility index (Phi) is 5.58. The smallest absolute Gasteiger partial charge is 0.334 e. The van der Waals surface area contributed by atoms with Crippen LogP contribution < -0.4 is 0 Å². The number of methoxy groups -OCH3 is 1. The summed E-state index contributed by atoms with van der Waals surface area (Å²) < 4.78 is 4.61. The standard InChI is InChI=1S/C16H26N2O3S/c1-16(2,3)15-17-9-12(22-15)10-18-7-5-11(6-8-18)13(19)14(20)21-4/h9,11,13,19H,5-8,10H2,1-4H3. The monoisotopic (exact) mass is 326 g/mol. The Morgan fingerprint density at radius 3 is 2.64 bits per heavy atom. The molecule has 2 rings (SSSR count). The number of ether oxygens (including phenoxy) is 1. The first-order valence-electron chi connectivity index (χ1n) is 7.74. The summed E-state index contributed by atoms with van der Waals surface area (Å²) in [6.45, 7) is 9.21. The Labute approximate surface area is 136 Å². The highest BCUT2D eigenvalue weighted by atomic mass is 32.1. The van der Waals surface area contributed by atoms with E-state index >= 15 is 0 Å². The van der Waals surface area contributed by atoms with Crippen molar-refractivity contribution in [1.29, 1.82) is 0 Å². The largest absolute Gasteiger partial charge is 0.467 e. The first-order valence-corrected chi connectivity index (χ1v) is 8.56. The summed E-state index contributed by atoms with van der Waals surface area (Å²) in [6.07, 6.45) is 2.63. The molecule has 1 atom stereocenters. The minimum absolute atomic E-state index is 0.00953. The van der Waals surface area contributed by atoms with Gasteiger partial charge in [0.1, 0.15) is 0 Å². The van der Waals surface area contributed by atoms with E-state index in [1.165, 1.54) is 17.0 Å². The van der Waals surface area contributed by atoms with Gasteiger partial charge in [-0.15, -0.1) is 11.3 Å². The Hall–Kier alpha value is -0.980. The lowest BCUT2D eigenvalue weighted by Gasteiger charge is -2.32. The Bertz CT molecular complexity index is 502. The van der Waals surface area contributed by atoms with Gasteiger partial charge in [0.15, 0.2) is 6.10 Å². The molecule has 0 spiro atoms. The summed E-state index contributed by atoms with van der Waals surface area (Å²) in [5, 5.41) is 11.1. The van der Waals surface area contributed by atoms with Gasteiger partial charge in [-0.1, -0.05) is 20.8 Å². The van der Waals surface area contributed by atoms with Gasteiger partial charge < -0.3 is 9.84 Å². The summed E-state index contributed by atoms with van der Waals surface area (Å²) in [4.78, 5) is 19.5. The number of likely N-dealkylation sites (tertiary alicyclic amines) is 1. The van der Waals surface area contributed by atoms with Gasteiger partial charge in [0, 0.05) is 23.0 Å². The van der Waals surface area contributed by atoms with Crippen LogP contribution in [0.15, 0.2) is 6.20 Å². The van der Waals surface area contributed by atoms with Crippen LogP contribution in [-0.2, 0) is 21.5 Å². The van der Waals surface area contributed by atoms with E-state index in [0.717, 1.165) is 32.5 Å². The number of aromatic nitrogens is 1. The average Bonchev–Trinajstić information content (AvgIpc) is 2.95. The summed E-state index contributed by atoms with van der Waals surface area (Å²) >= 11 is 1.77. The van der Waals surface area contributed by atoms with Crippen LogP contribution in [0, 0.1) is 5.92 Å². The summed E-state index contributed by atoms with van der Waals surface area (Å²) in [6, 6.07) is 0. The Morgan fingerprint density at radius 1 is 1.50 bits per heavy atom. The highest BCUT2D eigenvalue weighted by molar-refractivity contribution is 7.11. The molecule has 6 heteroatoms. The van der Waals surface area contributed by atoms with Crippen molar-refractivity contribution in [2.45, 2.75) is 51.7 Å². The minimum atomic E-state index is -0.983. The average molecular weight is 326 g/mol. The van der Waals surface area contributed by atoms with E-state index in [-0.39, 0.29) is 11.3 Å². The second kappa shape index (κ2) is 7.06. The number of esters is 1. The van der Waals surface area contributed by atoms with E-state index in [2.05, 4.69) is 35.4 Å². The highest BCUT2D eigenvalue weighted by Crippen LogP contribution is 2.29. The topological polar surface area (TPSA) is 62.7 Å². The fourth-order valence-electron chi connectivity index (χ4n) is 2.69. The van der Waals surface area contributed by atoms with Gasteiger partial charge in [-0.05, 0) is 31.8 Å². The first-order chi connectivity index (χ1) is 10.3. The van der Waals surface area contributed by atoms with Crippen LogP contribution in [0.5, 0.6) is 0 Å². The number of aliphatic hydroxyl groups excluding tert-OH is 1. The van der Waals surface area contributed by atoms with Gasteiger partial charge in [-0.3, -0.25) is 4.90 Å². The summed E-state index contributed by atoms with van der Waals surface area (Å²) in [5.74, 6) is -0.508. The molecule has 5 nitrogen and oxygen atoms in total. The molecule has 2 heterocycles. The Balaban J connectivity index is 1.85. The SMILES string of the molecule is COC(=O)C(O)C1CCN(Cc2cnc(C(C)(C)C)s2)CC1. The van der Waals surface area contributed by atoms with Crippen LogP contribution in [-0.4, -0.2) is 47.3 Å². The van der Waals surface area contributed by atoms with Crippen molar-refractivity contribution in [1.82, 2.24) is 9.88 Å². The van der Waals surface area contributed by atoms with Gasteiger partial charge in [0.25, 0.3) is 0 Å². The van der Waals surface area contributed by atoms with Gasteiger partial charge in [-0.2, -0.15) is 0 Å². The molecule has 1 N–H and O–H groups in total. The maximum atomic E-state index is 11.4. The van der Waals surface area contributed by atoms with Crippen LogP contribution in [0.3, 0.4) is 0 Å². The van der Waals surface area contributed by atoms with Crippen molar-refractivity contribution in [3.63, 3.8) is 0 Å². The molecule has 0 bridgehead atoms. The third kappa shape index (κ3) is 4.27. The summed E-state index contributed by atoms with van der Waals surface area (Å²) in [5.41, 5.74) is 0.0978. The van der Waals surface area contributed by atoms with E-state index in [4.69, 9.17) is 0 Å². The van der Waals surface area contributed by atoms with Crippen molar-refractivity contribution in [2.24, 2.45) is 5.92 Å². The lowest BCUT2D eigenvalue weighted by Crippen LogP contribution is -2.40. The number of nitrogens with zero attached hydrogens (tertiary/aromatic N) is 2. The summed E-state index contributed by atoms with van der Waals surface area (Å²) in [7, 11) is 1.32. The molecule has 0 aliphatic carbocycles. The predicted octanol–water partition coefficient (Wildman–Crippen LogP) is 2.19. The van der Waals surface area contributed by atoms with Crippen LogP contribution in [0.4, 0.5) is 0 Å². The molecular weight excluding hydrogens is 300 g/mol. The molecule has 1 aromatic heterocycles. The lowest BCUT2D eigenvalue weighted by molar-refractivity contribution is -0.154. The molecule has 1 fully saturated rings. The molecule has 22 heavy (non-hydrogen) atoms. The molecule has 1 aromatic rings. The molecule has 0 amide bonds. The highest BCUT2D eigenvalue weighted by Gasteiger charge is 2.30. The van der Waals surface area contributed by atoms with Crippen molar-refractivity contribution in [3.8, 4) is 0 Å². The maximum Gasteiger partial charge on any atom is 0.334 e. The number of carbonyl (C=O) groups excluding carboxylic acids is 1. The van der Waals surface area contributed by atoms with Crippen molar-refractivity contribution in [3.05, 3.63) is 16.1 Å². The molecule has 0 radical (unpaired) electrons. The third-order valence-electron chi connectivity index (χ3n) is 4.10. The number of thiazole rings is 1. The van der Waals surface area contributed by atoms with Crippen LogP contribution in [0.2, 0.25) is 0 Å². The number of rotatable bonds is 4. The maximum absolute atomic E-state index is 11.4. The van der Waals surface area contributed by atoms with Crippen molar-refractivity contribution < 1.29 is 14.6 Å². The molecule has 1 unspecified atom stereocenters. The second-order valence-corrected chi connectivity index (χ2v) is 8.08. The molecule has 124 valence electrons. The van der Waals surface area contributed by atoms with E-state index in [0.29, 0.717) is 0 Å².